The minimum atomic E-state index is -0.297. The molecule has 0 saturated carbocycles. The Morgan fingerprint density at radius 1 is 1.22 bits per heavy atom. The van der Waals surface area contributed by atoms with E-state index in [4.69, 9.17) is 0 Å². The summed E-state index contributed by atoms with van der Waals surface area (Å²) in [6, 6.07) is 13.9. The van der Waals surface area contributed by atoms with Gasteiger partial charge in [0.15, 0.2) is 0 Å². The van der Waals surface area contributed by atoms with Crippen LogP contribution in [0.5, 0.6) is 0 Å². The van der Waals surface area contributed by atoms with Gasteiger partial charge in [0.1, 0.15) is 10.8 Å². The van der Waals surface area contributed by atoms with Gasteiger partial charge in [-0.15, -0.1) is 11.3 Å². The highest BCUT2D eigenvalue weighted by atomic mass is 32.1. The van der Waals surface area contributed by atoms with Gasteiger partial charge in [0.2, 0.25) is 5.91 Å². The van der Waals surface area contributed by atoms with E-state index in [0.717, 1.165) is 11.3 Å². The van der Waals surface area contributed by atoms with Crippen molar-refractivity contribution in [3.05, 3.63) is 70.3 Å². The molecule has 2 aromatic carbocycles. The summed E-state index contributed by atoms with van der Waals surface area (Å²) in [6.07, 6.45) is 0.202. The average Bonchev–Trinajstić information content (AvgIpc) is 2.95. The lowest BCUT2D eigenvalue weighted by atomic mass is 10.2. The maximum Gasteiger partial charge on any atom is 0.231 e. The van der Waals surface area contributed by atoms with Crippen molar-refractivity contribution in [1.29, 1.82) is 0 Å². The van der Waals surface area contributed by atoms with Crippen LogP contribution in [0.2, 0.25) is 0 Å². The van der Waals surface area contributed by atoms with Crippen LogP contribution in [0.3, 0.4) is 0 Å². The molecule has 0 saturated heterocycles. The van der Waals surface area contributed by atoms with Crippen molar-refractivity contribution in [1.82, 2.24) is 4.98 Å². The van der Waals surface area contributed by atoms with Crippen LogP contribution in [0.25, 0.3) is 11.3 Å². The molecular formula is C18H15FN2OS. The molecule has 0 aliphatic rings. The fraction of sp³-hybridized carbons (Fsp3) is 0.111. The number of amides is 1. The van der Waals surface area contributed by atoms with Crippen molar-refractivity contribution >= 4 is 22.9 Å². The third-order valence-electron chi connectivity index (χ3n) is 3.29. The van der Waals surface area contributed by atoms with Crippen LogP contribution < -0.4 is 5.32 Å². The molecule has 1 amide bonds. The minimum Gasteiger partial charge on any atom is -0.326 e. The zero-order valence-electron chi connectivity index (χ0n) is 12.5. The van der Waals surface area contributed by atoms with Crippen LogP contribution in [0.15, 0.2) is 53.9 Å². The summed E-state index contributed by atoms with van der Waals surface area (Å²) < 4.78 is 13.3. The molecule has 0 bridgehead atoms. The van der Waals surface area contributed by atoms with Crippen molar-refractivity contribution in [3.63, 3.8) is 0 Å². The van der Waals surface area contributed by atoms with Gasteiger partial charge in [-0.2, -0.15) is 0 Å². The molecule has 1 heterocycles. The van der Waals surface area contributed by atoms with Gasteiger partial charge >= 0.3 is 0 Å². The number of nitrogens with zero attached hydrogens (tertiary/aromatic N) is 1. The molecule has 3 rings (SSSR count). The summed E-state index contributed by atoms with van der Waals surface area (Å²) in [4.78, 5) is 16.5. The molecule has 5 heteroatoms. The summed E-state index contributed by atoms with van der Waals surface area (Å²) in [5.74, 6) is -0.412. The normalized spacial score (nSPS) is 10.5. The molecule has 0 aliphatic heterocycles. The number of aromatic nitrogens is 1. The van der Waals surface area contributed by atoms with Crippen LogP contribution in [0.4, 0.5) is 10.1 Å². The van der Waals surface area contributed by atoms with E-state index in [9.17, 15) is 9.18 Å². The van der Waals surface area contributed by atoms with Gasteiger partial charge in [0.25, 0.3) is 0 Å². The molecule has 116 valence electrons. The van der Waals surface area contributed by atoms with Crippen LogP contribution >= 0.6 is 11.3 Å². The molecule has 0 fully saturated rings. The lowest BCUT2D eigenvalue weighted by Crippen LogP contribution is -2.14. The number of anilines is 1. The fourth-order valence-corrected chi connectivity index (χ4v) is 3.04. The van der Waals surface area contributed by atoms with Crippen LogP contribution in [0.1, 0.15) is 10.6 Å². The highest BCUT2D eigenvalue weighted by Crippen LogP contribution is 2.23. The summed E-state index contributed by atoms with van der Waals surface area (Å²) in [5, 5.41) is 5.40. The predicted octanol–water partition coefficient (Wildman–Crippen LogP) is 4.44. The number of thiazole rings is 1. The Labute approximate surface area is 137 Å². The molecule has 0 radical (unpaired) electrons. The van der Waals surface area contributed by atoms with Crippen molar-refractivity contribution in [2.45, 2.75) is 13.3 Å². The number of nitrogens with one attached hydrogen (secondary N) is 1. The first kappa shape index (κ1) is 15.4. The first-order valence-electron chi connectivity index (χ1n) is 7.17. The average molecular weight is 326 g/mol. The van der Waals surface area contributed by atoms with Crippen molar-refractivity contribution < 1.29 is 9.18 Å². The number of benzene rings is 2. The second-order valence-corrected chi connectivity index (χ2v) is 6.17. The quantitative estimate of drug-likeness (QED) is 0.770. The summed E-state index contributed by atoms with van der Waals surface area (Å²) in [7, 11) is 0. The third-order valence-corrected chi connectivity index (χ3v) is 4.13. The number of aryl methyl sites for hydroxylation is 1. The zero-order chi connectivity index (χ0) is 16.2. The molecule has 3 aromatic rings. The van der Waals surface area contributed by atoms with E-state index in [1.54, 1.807) is 12.1 Å². The molecule has 0 atom stereocenters. The summed E-state index contributed by atoms with van der Waals surface area (Å²) >= 11 is 1.40. The highest BCUT2D eigenvalue weighted by molar-refractivity contribution is 7.10. The molecule has 0 aliphatic carbocycles. The first-order valence-corrected chi connectivity index (χ1v) is 8.05. The molecule has 3 nitrogen and oxygen atoms in total. The van der Waals surface area contributed by atoms with E-state index in [2.05, 4.69) is 10.3 Å². The Balaban J connectivity index is 1.68. The van der Waals surface area contributed by atoms with Crippen LogP contribution in [0, 0.1) is 12.7 Å². The Kier molecular flexibility index (Phi) is 4.48. The number of hydrogen-bond donors (Lipinski definition) is 1. The molecule has 1 N–H and O–H groups in total. The Bertz CT molecular complexity index is 844. The Hall–Kier alpha value is -2.53. The number of hydrogen-bond acceptors (Lipinski definition) is 3. The third kappa shape index (κ3) is 4.02. The standard InChI is InChI=1S/C18H15FN2OS/c1-12-4-2-7-15(8-12)20-17(22)10-18-21-16(11-23-18)13-5-3-6-14(19)9-13/h2-9,11H,10H2,1H3,(H,20,22). The molecule has 23 heavy (non-hydrogen) atoms. The molecular weight excluding hydrogens is 311 g/mol. The van der Waals surface area contributed by atoms with Gasteiger partial charge in [-0.3, -0.25) is 4.79 Å². The zero-order valence-corrected chi connectivity index (χ0v) is 13.4. The maximum atomic E-state index is 13.3. The van der Waals surface area contributed by atoms with E-state index in [1.165, 1.54) is 23.5 Å². The van der Waals surface area contributed by atoms with Crippen LogP contribution in [-0.2, 0) is 11.2 Å². The van der Waals surface area contributed by atoms with Gasteiger partial charge in [0, 0.05) is 16.6 Å². The van der Waals surface area contributed by atoms with Crippen LogP contribution in [-0.4, -0.2) is 10.9 Å². The SMILES string of the molecule is Cc1cccc(NC(=O)Cc2nc(-c3cccc(F)c3)cs2)c1. The van der Waals surface area contributed by atoms with Gasteiger partial charge in [-0.1, -0.05) is 24.3 Å². The number of carbonyl (C=O) groups is 1. The second-order valence-electron chi connectivity index (χ2n) is 5.23. The summed E-state index contributed by atoms with van der Waals surface area (Å²) in [6.45, 7) is 1.97. The summed E-state index contributed by atoms with van der Waals surface area (Å²) in [5.41, 5.74) is 3.27. The minimum absolute atomic E-state index is 0.115. The van der Waals surface area contributed by atoms with E-state index in [0.29, 0.717) is 16.3 Å². The van der Waals surface area contributed by atoms with Gasteiger partial charge in [-0.05, 0) is 36.8 Å². The number of rotatable bonds is 4. The monoisotopic (exact) mass is 326 g/mol. The van der Waals surface area contributed by atoms with Gasteiger partial charge < -0.3 is 5.32 Å². The van der Waals surface area contributed by atoms with Gasteiger partial charge in [0.05, 0.1) is 12.1 Å². The van der Waals surface area contributed by atoms with Crippen molar-refractivity contribution in [2.24, 2.45) is 0 Å². The van der Waals surface area contributed by atoms with Gasteiger partial charge in [-0.25, -0.2) is 9.37 Å². The smallest absolute Gasteiger partial charge is 0.231 e. The topological polar surface area (TPSA) is 42.0 Å². The molecule has 0 spiro atoms. The maximum absolute atomic E-state index is 13.3. The predicted molar refractivity (Wildman–Crippen MR) is 91.0 cm³/mol. The van der Waals surface area contributed by atoms with E-state index in [-0.39, 0.29) is 18.1 Å². The molecule has 1 aromatic heterocycles. The lowest BCUT2D eigenvalue weighted by molar-refractivity contribution is -0.115. The lowest BCUT2D eigenvalue weighted by Gasteiger charge is -2.04. The Morgan fingerprint density at radius 3 is 2.83 bits per heavy atom. The van der Waals surface area contributed by atoms with Crippen molar-refractivity contribution in [2.75, 3.05) is 5.32 Å². The number of carbonyl (C=O) groups excluding carboxylic acids is 1. The Morgan fingerprint density at radius 2 is 2.04 bits per heavy atom. The number of halogens is 1. The van der Waals surface area contributed by atoms with E-state index >= 15 is 0 Å². The van der Waals surface area contributed by atoms with E-state index in [1.807, 2.05) is 36.6 Å². The van der Waals surface area contributed by atoms with Crippen molar-refractivity contribution in [3.8, 4) is 11.3 Å². The van der Waals surface area contributed by atoms with E-state index < -0.39 is 0 Å². The highest BCUT2D eigenvalue weighted by Gasteiger charge is 2.10. The second kappa shape index (κ2) is 6.71. The fourth-order valence-electron chi connectivity index (χ4n) is 2.24. The first-order chi connectivity index (χ1) is 11.1. The molecule has 0 unspecified atom stereocenters. The largest absolute Gasteiger partial charge is 0.326 e.